The van der Waals surface area contributed by atoms with Crippen molar-refractivity contribution in [2.45, 2.75) is 19.0 Å². The van der Waals surface area contributed by atoms with Crippen LogP contribution >= 0.6 is 27.3 Å². The number of thiophene rings is 1. The Morgan fingerprint density at radius 2 is 2.20 bits per heavy atom. The Balaban J connectivity index is 1.90. The number of nitrogens with zero attached hydrogens (tertiary/aromatic N) is 1. The van der Waals surface area contributed by atoms with E-state index in [1.807, 2.05) is 40.6 Å². The van der Waals surface area contributed by atoms with E-state index in [-0.39, 0.29) is 0 Å². The molecule has 0 saturated heterocycles. The summed E-state index contributed by atoms with van der Waals surface area (Å²) in [7, 11) is 0. The minimum absolute atomic E-state index is 0.530. The van der Waals surface area contributed by atoms with Gasteiger partial charge >= 0.3 is 5.97 Å². The fraction of sp³-hybridized carbons (Fsp3) is 0.267. The highest BCUT2D eigenvalue weighted by Gasteiger charge is 2.33. The highest BCUT2D eigenvalue weighted by molar-refractivity contribution is 9.10. The molecule has 0 fully saturated rings. The molecule has 0 aliphatic carbocycles. The predicted molar refractivity (Wildman–Crippen MR) is 83.0 cm³/mol. The first-order valence-corrected chi connectivity index (χ1v) is 8.10. The van der Waals surface area contributed by atoms with Gasteiger partial charge in [0.05, 0.1) is 0 Å². The van der Waals surface area contributed by atoms with Crippen LogP contribution < -0.4 is 0 Å². The number of carbonyl (C=O) groups is 1. The summed E-state index contributed by atoms with van der Waals surface area (Å²) in [5.74, 6) is -0.767. The molecule has 0 saturated carbocycles. The largest absolute Gasteiger partial charge is 0.480 e. The lowest BCUT2D eigenvalue weighted by Crippen LogP contribution is -2.38. The quantitative estimate of drug-likeness (QED) is 0.916. The van der Waals surface area contributed by atoms with Crippen molar-refractivity contribution in [3.05, 3.63) is 56.2 Å². The monoisotopic (exact) mass is 351 g/mol. The molecule has 0 amide bonds. The van der Waals surface area contributed by atoms with Crippen molar-refractivity contribution in [3.63, 3.8) is 0 Å². The Morgan fingerprint density at radius 1 is 1.40 bits per heavy atom. The molecule has 0 radical (unpaired) electrons. The van der Waals surface area contributed by atoms with E-state index in [2.05, 4.69) is 15.9 Å². The molecular weight excluding hydrogens is 338 g/mol. The van der Waals surface area contributed by atoms with Crippen LogP contribution in [0.15, 0.2) is 40.2 Å². The Bertz CT molecular complexity index is 640. The maximum Gasteiger partial charge on any atom is 0.325 e. The van der Waals surface area contributed by atoms with Gasteiger partial charge in [0, 0.05) is 22.4 Å². The number of halogens is 1. The molecule has 104 valence electrons. The van der Waals surface area contributed by atoms with Crippen LogP contribution in [-0.4, -0.2) is 22.5 Å². The number of fused-ring (bicyclic) bond motifs is 1. The van der Waals surface area contributed by atoms with Crippen LogP contribution in [-0.2, 0) is 17.8 Å². The molecule has 3 rings (SSSR count). The zero-order valence-corrected chi connectivity index (χ0v) is 13.2. The number of benzene rings is 1. The summed E-state index contributed by atoms with van der Waals surface area (Å²) in [6, 6.07) is 9.39. The molecule has 3 nitrogen and oxygen atoms in total. The van der Waals surface area contributed by atoms with Crippen LogP contribution in [0.3, 0.4) is 0 Å². The second-order valence-electron chi connectivity index (χ2n) is 4.85. The van der Waals surface area contributed by atoms with Crippen LogP contribution in [0.5, 0.6) is 0 Å². The standard InChI is InChI=1S/C15H14BrNO2S/c16-12-4-2-1-3-10(12)9-17-7-5-13-11(6-8-20-13)14(17)15(18)19/h1-4,6,8,14H,5,7,9H2,(H,18,19). The van der Waals surface area contributed by atoms with E-state index in [0.717, 1.165) is 28.6 Å². The van der Waals surface area contributed by atoms with Gasteiger partial charge in [0.2, 0.25) is 0 Å². The Hall–Kier alpha value is -1.17. The lowest BCUT2D eigenvalue weighted by Gasteiger charge is -2.33. The van der Waals surface area contributed by atoms with Gasteiger partial charge in [0.25, 0.3) is 0 Å². The first-order chi connectivity index (χ1) is 9.66. The van der Waals surface area contributed by atoms with Crippen molar-refractivity contribution in [2.75, 3.05) is 6.54 Å². The molecule has 1 aromatic heterocycles. The van der Waals surface area contributed by atoms with Gasteiger partial charge in [0.15, 0.2) is 0 Å². The maximum absolute atomic E-state index is 11.7. The Labute approximate surface area is 130 Å². The number of carboxylic acid groups (broad SMARTS) is 1. The van der Waals surface area contributed by atoms with Gasteiger partial charge in [-0.05, 0) is 35.1 Å². The van der Waals surface area contributed by atoms with Gasteiger partial charge in [0.1, 0.15) is 6.04 Å². The summed E-state index contributed by atoms with van der Waals surface area (Å²) in [6.45, 7) is 1.43. The zero-order valence-electron chi connectivity index (χ0n) is 10.8. The molecule has 2 heterocycles. The van der Waals surface area contributed by atoms with E-state index >= 15 is 0 Å². The molecule has 5 heteroatoms. The smallest absolute Gasteiger partial charge is 0.325 e. The van der Waals surface area contributed by atoms with Gasteiger partial charge in [-0.2, -0.15) is 0 Å². The van der Waals surface area contributed by atoms with E-state index in [1.165, 1.54) is 4.88 Å². The summed E-state index contributed by atoms with van der Waals surface area (Å²) in [5, 5.41) is 11.6. The molecule has 1 aromatic carbocycles. The van der Waals surface area contributed by atoms with Gasteiger partial charge in [-0.3, -0.25) is 9.69 Å². The molecule has 1 unspecified atom stereocenters. The second-order valence-corrected chi connectivity index (χ2v) is 6.71. The zero-order chi connectivity index (χ0) is 14.1. The molecule has 1 atom stereocenters. The molecule has 1 aliphatic rings. The molecule has 0 bridgehead atoms. The highest BCUT2D eigenvalue weighted by Crippen LogP contribution is 2.35. The maximum atomic E-state index is 11.7. The average molecular weight is 352 g/mol. The van der Waals surface area contributed by atoms with Gasteiger partial charge in [-0.15, -0.1) is 11.3 Å². The molecule has 1 N–H and O–H groups in total. The van der Waals surface area contributed by atoms with E-state index < -0.39 is 12.0 Å². The molecule has 20 heavy (non-hydrogen) atoms. The van der Waals surface area contributed by atoms with Crippen molar-refractivity contribution in [2.24, 2.45) is 0 Å². The van der Waals surface area contributed by atoms with Crippen molar-refractivity contribution >= 4 is 33.2 Å². The predicted octanol–water partition coefficient (Wildman–Crippen LogP) is 3.69. The third-order valence-corrected chi connectivity index (χ3v) is 5.40. The van der Waals surface area contributed by atoms with E-state index in [9.17, 15) is 9.90 Å². The number of aliphatic carboxylic acids is 1. The van der Waals surface area contributed by atoms with Gasteiger partial charge in [-0.1, -0.05) is 34.1 Å². The summed E-state index contributed by atoms with van der Waals surface area (Å²) in [5.41, 5.74) is 2.08. The normalized spacial score (nSPS) is 18.8. The summed E-state index contributed by atoms with van der Waals surface area (Å²) >= 11 is 5.19. The Kier molecular flexibility index (Phi) is 3.92. The third kappa shape index (κ3) is 2.53. The average Bonchev–Trinajstić information content (AvgIpc) is 2.88. The van der Waals surface area contributed by atoms with Crippen LogP contribution in [0.1, 0.15) is 22.0 Å². The fourth-order valence-electron chi connectivity index (χ4n) is 2.67. The molecule has 2 aromatic rings. The number of hydrogen-bond acceptors (Lipinski definition) is 3. The van der Waals surface area contributed by atoms with Crippen LogP contribution in [0.2, 0.25) is 0 Å². The van der Waals surface area contributed by atoms with Crippen molar-refractivity contribution < 1.29 is 9.90 Å². The van der Waals surface area contributed by atoms with E-state index in [4.69, 9.17) is 0 Å². The van der Waals surface area contributed by atoms with Crippen LogP contribution in [0.25, 0.3) is 0 Å². The summed E-state index contributed by atoms with van der Waals surface area (Å²) in [4.78, 5) is 14.9. The molecule has 0 spiro atoms. The fourth-order valence-corrected chi connectivity index (χ4v) is 3.99. The van der Waals surface area contributed by atoms with E-state index in [1.54, 1.807) is 11.3 Å². The third-order valence-electron chi connectivity index (χ3n) is 3.63. The van der Waals surface area contributed by atoms with Crippen LogP contribution in [0, 0.1) is 0 Å². The molecule has 1 aliphatic heterocycles. The van der Waals surface area contributed by atoms with Crippen molar-refractivity contribution in [1.82, 2.24) is 4.90 Å². The topological polar surface area (TPSA) is 40.5 Å². The summed E-state index contributed by atoms with van der Waals surface area (Å²) in [6.07, 6.45) is 0.932. The first kappa shape index (κ1) is 13.8. The lowest BCUT2D eigenvalue weighted by molar-refractivity contribution is -0.144. The van der Waals surface area contributed by atoms with Gasteiger partial charge in [-0.25, -0.2) is 0 Å². The second kappa shape index (κ2) is 5.68. The highest BCUT2D eigenvalue weighted by atomic mass is 79.9. The Morgan fingerprint density at radius 3 is 2.95 bits per heavy atom. The van der Waals surface area contributed by atoms with Gasteiger partial charge < -0.3 is 5.11 Å². The van der Waals surface area contributed by atoms with Crippen LogP contribution in [0.4, 0.5) is 0 Å². The minimum Gasteiger partial charge on any atom is -0.480 e. The van der Waals surface area contributed by atoms with Crippen molar-refractivity contribution in [1.29, 1.82) is 0 Å². The number of hydrogen-bond donors (Lipinski definition) is 1. The molecular formula is C15H14BrNO2S. The number of rotatable bonds is 3. The number of carboxylic acids is 1. The lowest BCUT2D eigenvalue weighted by atomic mass is 9.99. The van der Waals surface area contributed by atoms with E-state index in [0.29, 0.717) is 6.54 Å². The summed E-state index contributed by atoms with van der Waals surface area (Å²) < 4.78 is 1.03. The first-order valence-electron chi connectivity index (χ1n) is 6.43. The minimum atomic E-state index is -0.767. The van der Waals surface area contributed by atoms with Crippen molar-refractivity contribution in [3.8, 4) is 0 Å². The SMILES string of the molecule is O=C(O)C1c2ccsc2CCN1Cc1ccccc1Br.